The highest BCUT2D eigenvalue weighted by Crippen LogP contribution is 2.38. The predicted molar refractivity (Wildman–Crippen MR) is 67.3 cm³/mol. The van der Waals surface area contributed by atoms with E-state index in [9.17, 15) is 0 Å². The minimum Gasteiger partial charge on any atom is -0.377 e. The van der Waals surface area contributed by atoms with Crippen molar-refractivity contribution < 1.29 is 4.74 Å². The topological polar surface area (TPSA) is 9.23 Å². The molecule has 0 N–H and O–H groups in total. The molecular formula is C10H12Br2OS. The largest absolute Gasteiger partial charge is 0.377 e. The Bertz CT molecular complexity index is 294. The number of alkyl halides is 1. The normalized spacial score (nSPS) is 24.9. The van der Waals surface area contributed by atoms with Crippen molar-refractivity contribution >= 4 is 43.2 Å². The van der Waals surface area contributed by atoms with Crippen molar-refractivity contribution in [3.05, 3.63) is 20.8 Å². The lowest BCUT2D eigenvalue weighted by atomic mass is 10.1. The van der Waals surface area contributed by atoms with Gasteiger partial charge in [0.2, 0.25) is 0 Å². The zero-order valence-electron chi connectivity index (χ0n) is 7.71. The molecule has 0 aromatic carbocycles. The molecule has 0 saturated carbocycles. The maximum atomic E-state index is 5.75. The second kappa shape index (κ2) is 5.10. The summed E-state index contributed by atoms with van der Waals surface area (Å²) >= 11 is 8.99. The highest BCUT2D eigenvalue weighted by molar-refractivity contribution is 9.11. The van der Waals surface area contributed by atoms with Crippen LogP contribution in [0.4, 0.5) is 0 Å². The van der Waals surface area contributed by atoms with E-state index in [1.54, 1.807) is 11.3 Å². The Hall–Kier alpha value is 0.620. The minimum atomic E-state index is 0.356. The molecule has 4 heteroatoms. The highest BCUT2D eigenvalue weighted by atomic mass is 79.9. The number of ether oxygens (including phenoxy) is 1. The van der Waals surface area contributed by atoms with Gasteiger partial charge in [-0.2, -0.15) is 0 Å². The lowest BCUT2D eigenvalue weighted by molar-refractivity contribution is 0.0165. The molecule has 2 rings (SSSR count). The Kier molecular flexibility index (Phi) is 4.05. The average molecular weight is 340 g/mol. The molecule has 1 nitrogen and oxygen atoms in total. The molecule has 1 aromatic heterocycles. The number of hydrogen-bond donors (Lipinski definition) is 0. The van der Waals surface area contributed by atoms with E-state index in [1.807, 2.05) is 0 Å². The van der Waals surface area contributed by atoms with Crippen molar-refractivity contribution in [1.82, 2.24) is 0 Å². The van der Waals surface area contributed by atoms with Gasteiger partial charge in [-0.3, -0.25) is 0 Å². The molecule has 2 atom stereocenters. The smallest absolute Gasteiger partial charge is 0.0751 e. The predicted octanol–water partition coefficient (Wildman–Crippen LogP) is 4.52. The Morgan fingerprint density at radius 3 is 2.86 bits per heavy atom. The Morgan fingerprint density at radius 1 is 1.43 bits per heavy atom. The second-order valence-electron chi connectivity index (χ2n) is 3.45. The van der Waals surface area contributed by atoms with Gasteiger partial charge < -0.3 is 4.74 Å². The van der Waals surface area contributed by atoms with Gasteiger partial charge in [0, 0.05) is 11.5 Å². The van der Waals surface area contributed by atoms with Crippen LogP contribution in [0.3, 0.4) is 0 Å². The molecule has 2 unspecified atom stereocenters. The van der Waals surface area contributed by atoms with Crippen molar-refractivity contribution in [3.8, 4) is 0 Å². The molecule has 0 amide bonds. The molecule has 1 aliphatic rings. The number of hydrogen-bond acceptors (Lipinski definition) is 2. The zero-order chi connectivity index (χ0) is 9.97. The number of rotatable bonds is 2. The molecule has 0 bridgehead atoms. The fourth-order valence-electron chi connectivity index (χ4n) is 1.66. The molecule has 1 saturated heterocycles. The first-order valence-corrected chi connectivity index (χ1v) is 7.31. The molecule has 1 aromatic rings. The van der Waals surface area contributed by atoms with Crippen LogP contribution in [0, 0.1) is 0 Å². The first kappa shape index (κ1) is 11.1. The third-order valence-electron chi connectivity index (χ3n) is 2.41. The standard InChI is InChI=1S/C10H12Br2OS/c11-9-5-4-8(14-9)10(12)7-3-1-2-6-13-7/h4-5,7,10H,1-3,6H2. The van der Waals surface area contributed by atoms with E-state index in [-0.39, 0.29) is 0 Å². The fraction of sp³-hybridized carbons (Fsp3) is 0.600. The van der Waals surface area contributed by atoms with Gasteiger partial charge >= 0.3 is 0 Å². The van der Waals surface area contributed by atoms with Crippen LogP contribution in [0.5, 0.6) is 0 Å². The first-order chi connectivity index (χ1) is 6.77. The van der Waals surface area contributed by atoms with E-state index in [0.29, 0.717) is 10.9 Å². The van der Waals surface area contributed by atoms with E-state index in [4.69, 9.17) is 4.74 Å². The summed E-state index contributed by atoms with van der Waals surface area (Å²) in [6, 6.07) is 4.25. The van der Waals surface area contributed by atoms with Gasteiger partial charge in [0.15, 0.2) is 0 Å². The van der Waals surface area contributed by atoms with Crippen molar-refractivity contribution in [1.29, 1.82) is 0 Å². The monoisotopic (exact) mass is 338 g/mol. The van der Waals surface area contributed by atoms with Crippen LogP contribution in [-0.4, -0.2) is 12.7 Å². The van der Waals surface area contributed by atoms with Crippen LogP contribution >= 0.6 is 43.2 Å². The Morgan fingerprint density at radius 2 is 2.29 bits per heavy atom. The third-order valence-corrected chi connectivity index (χ3v) is 5.50. The van der Waals surface area contributed by atoms with Crippen LogP contribution in [0.25, 0.3) is 0 Å². The van der Waals surface area contributed by atoms with Crippen molar-refractivity contribution in [3.63, 3.8) is 0 Å². The van der Waals surface area contributed by atoms with Crippen molar-refractivity contribution in [2.75, 3.05) is 6.61 Å². The minimum absolute atomic E-state index is 0.356. The summed E-state index contributed by atoms with van der Waals surface area (Å²) < 4.78 is 6.94. The van der Waals surface area contributed by atoms with Gasteiger partial charge in [0.05, 0.1) is 14.7 Å². The van der Waals surface area contributed by atoms with E-state index < -0.39 is 0 Å². The van der Waals surface area contributed by atoms with Gasteiger partial charge in [-0.1, -0.05) is 15.9 Å². The van der Waals surface area contributed by atoms with E-state index in [1.165, 1.54) is 27.9 Å². The molecule has 1 fully saturated rings. The molecule has 78 valence electrons. The maximum absolute atomic E-state index is 5.75. The number of thiophene rings is 1. The Labute approximate surface area is 105 Å². The molecule has 1 aliphatic heterocycles. The quantitative estimate of drug-likeness (QED) is 0.720. The summed E-state index contributed by atoms with van der Waals surface area (Å²) in [5.74, 6) is 0. The van der Waals surface area contributed by atoms with Crippen molar-refractivity contribution in [2.24, 2.45) is 0 Å². The van der Waals surface area contributed by atoms with Gasteiger partial charge in [0.1, 0.15) is 0 Å². The van der Waals surface area contributed by atoms with Crippen LogP contribution in [0.2, 0.25) is 0 Å². The molecule has 14 heavy (non-hydrogen) atoms. The summed E-state index contributed by atoms with van der Waals surface area (Å²) in [4.78, 5) is 1.71. The molecule has 0 aliphatic carbocycles. The van der Waals surface area contributed by atoms with Gasteiger partial charge in [0.25, 0.3) is 0 Å². The average Bonchev–Trinajstić information content (AvgIpc) is 2.65. The second-order valence-corrected chi connectivity index (χ2v) is 6.93. The van der Waals surface area contributed by atoms with E-state index in [2.05, 4.69) is 44.0 Å². The van der Waals surface area contributed by atoms with Gasteiger partial charge in [-0.25, -0.2) is 0 Å². The number of halogens is 2. The van der Waals surface area contributed by atoms with E-state index >= 15 is 0 Å². The first-order valence-electron chi connectivity index (χ1n) is 4.78. The van der Waals surface area contributed by atoms with E-state index in [0.717, 1.165) is 6.61 Å². The van der Waals surface area contributed by atoms with Crippen LogP contribution in [-0.2, 0) is 4.74 Å². The Balaban J connectivity index is 2.03. The van der Waals surface area contributed by atoms with Gasteiger partial charge in [-0.05, 0) is 47.3 Å². The van der Waals surface area contributed by atoms with Crippen molar-refractivity contribution in [2.45, 2.75) is 30.2 Å². The maximum Gasteiger partial charge on any atom is 0.0751 e. The lowest BCUT2D eigenvalue weighted by Gasteiger charge is -2.26. The summed E-state index contributed by atoms with van der Waals surface area (Å²) in [6.07, 6.45) is 4.03. The third kappa shape index (κ3) is 2.60. The van der Waals surface area contributed by atoms with Crippen LogP contribution in [0.1, 0.15) is 29.0 Å². The van der Waals surface area contributed by atoms with Crippen LogP contribution < -0.4 is 0 Å². The summed E-state index contributed by atoms with van der Waals surface area (Å²) in [6.45, 7) is 0.916. The molecular weight excluding hydrogens is 328 g/mol. The molecule has 0 spiro atoms. The zero-order valence-corrected chi connectivity index (χ0v) is 11.7. The summed E-state index contributed by atoms with van der Waals surface area (Å²) in [5.41, 5.74) is 0. The summed E-state index contributed by atoms with van der Waals surface area (Å²) in [7, 11) is 0. The molecule has 2 heterocycles. The highest BCUT2D eigenvalue weighted by Gasteiger charge is 2.24. The molecule has 0 radical (unpaired) electrons. The fourth-order valence-corrected chi connectivity index (χ4v) is 3.96. The van der Waals surface area contributed by atoms with Crippen LogP contribution in [0.15, 0.2) is 15.9 Å². The summed E-state index contributed by atoms with van der Waals surface area (Å²) in [5, 5.41) is 0. The lowest BCUT2D eigenvalue weighted by Crippen LogP contribution is -2.22. The van der Waals surface area contributed by atoms with Gasteiger partial charge in [-0.15, -0.1) is 11.3 Å². The SMILES string of the molecule is Brc1ccc(C(Br)C2CCCCO2)s1.